The Labute approximate surface area is 100 Å². The van der Waals surface area contributed by atoms with Crippen LogP contribution >= 0.6 is 15.9 Å². The van der Waals surface area contributed by atoms with Gasteiger partial charge in [0.1, 0.15) is 6.33 Å². The number of pyridine rings is 1. The zero-order valence-corrected chi connectivity index (χ0v) is 9.78. The highest BCUT2D eigenvalue weighted by Gasteiger charge is 2.03. The lowest BCUT2D eigenvalue weighted by molar-refractivity contribution is 0.623. The van der Waals surface area contributed by atoms with Gasteiger partial charge in [0.2, 0.25) is 0 Å². The molecule has 0 unspecified atom stereocenters. The second kappa shape index (κ2) is 4.98. The smallest absolute Gasteiger partial charge is 0.166 e. The summed E-state index contributed by atoms with van der Waals surface area (Å²) < 4.78 is 14.0. The lowest BCUT2D eigenvalue weighted by Crippen LogP contribution is -2.05. The maximum atomic E-state index is 13.4. The average molecular weight is 283 g/mol. The minimum Gasteiger partial charge on any atom is -0.362 e. The Morgan fingerprint density at radius 2 is 2.25 bits per heavy atom. The van der Waals surface area contributed by atoms with Gasteiger partial charge in [-0.25, -0.2) is 19.3 Å². The van der Waals surface area contributed by atoms with E-state index in [9.17, 15) is 4.39 Å². The zero-order chi connectivity index (χ0) is 11.4. The summed E-state index contributed by atoms with van der Waals surface area (Å²) in [4.78, 5) is 11.7. The van der Waals surface area contributed by atoms with E-state index in [2.05, 4.69) is 36.2 Å². The van der Waals surface area contributed by atoms with E-state index in [-0.39, 0.29) is 5.82 Å². The van der Waals surface area contributed by atoms with E-state index in [0.717, 1.165) is 5.69 Å². The van der Waals surface area contributed by atoms with Crippen LogP contribution in [0.4, 0.5) is 10.2 Å². The summed E-state index contributed by atoms with van der Waals surface area (Å²) in [5.74, 6) is -0.190. The molecular weight excluding hydrogens is 275 g/mol. The third-order valence-corrected chi connectivity index (χ3v) is 2.32. The zero-order valence-electron chi connectivity index (χ0n) is 8.19. The maximum absolute atomic E-state index is 13.4. The van der Waals surface area contributed by atoms with Crippen molar-refractivity contribution in [2.24, 2.45) is 0 Å². The van der Waals surface area contributed by atoms with Crippen LogP contribution in [0.1, 0.15) is 5.69 Å². The molecule has 6 heteroatoms. The van der Waals surface area contributed by atoms with E-state index in [1.54, 1.807) is 12.3 Å². The highest BCUT2D eigenvalue weighted by molar-refractivity contribution is 9.10. The van der Waals surface area contributed by atoms with Gasteiger partial charge in [-0.1, -0.05) is 0 Å². The fourth-order valence-electron chi connectivity index (χ4n) is 1.14. The molecule has 0 bridgehead atoms. The fourth-order valence-corrected chi connectivity index (χ4v) is 1.44. The molecule has 82 valence electrons. The summed E-state index contributed by atoms with van der Waals surface area (Å²) in [5, 5.41) is 2.86. The minimum absolute atomic E-state index is 0.210. The van der Waals surface area contributed by atoms with E-state index in [4.69, 9.17) is 0 Å². The third kappa shape index (κ3) is 2.73. The Morgan fingerprint density at radius 3 is 2.94 bits per heavy atom. The Kier molecular flexibility index (Phi) is 3.40. The van der Waals surface area contributed by atoms with Crippen molar-refractivity contribution < 1.29 is 4.39 Å². The Hall–Kier alpha value is -1.56. The number of nitrogens with zero attached hydrogens (tertiary/aromatic N) is 3. The van der Waals surface area contributed by atoms with Gasteiger partial charge in [0.25, 0.3) is 0 Å². The van der Waals surface area contributed by atoms with Crippen LogP contribution in [0.15, 0.2) is 35.3 Å². The average Bonchev–Trinajstić information content (AvgIpc) is 2.29. The number of nitrogens with one attached hydrogen (secondary N) is 1. The number of hydrogen-bond acceptors (Lipinski definition) is 4. The van der Waals surface area contributed by atoms with Gasteiger partial charge < -0.3 is 5.32 Å². The lowest BCUT2D eigenvalue weighted by atomic mass is 10.4. The first-order valence-corrected chi connectivity index (χ1v) is 5.35. The van der Waals surface area contributed by atoms with Crippen LogP contribution in [0, 0.1) is 5.82 Å². The molecule has 0 saturated heterocycles. The van der Waals surface area contributed by atoms with Crippen LogP contribution < -0.4 is 5.32 Å². The van der Waals surface area contributed by atoms with E-state index in [1.165, 1.54) is 18.6 Å². The second-order valence-corrected chi connectivity index (χ2v) is 3.95. The SMILES string of the molecule is Fc1cc(Br)cnc1NCc1ccncn1. The molecule has 0 aliphatic carbocycles. The predicted octanol–water partition coefficient (Wildman–Crippen LogP) is 2.39. The van der Waals surface area contributed by atoms with Crippen LogP contribution in [0.25, 0.3) is 0 Å². The first-order chi connectivity index (χ1) is 7.75. The number of aromatic nitrogens is 3. The van der Waals surface area contributed by atoms with Crippen molar-refractivity contribution >= 4 is 21.7 Å². The number of rotatable bonds is 3. The van der Waals surface area contributed by atoms with Crippen LogP contribution in [0.5, 0.6) is 0 Å². The highest BCUT2D eigenvalue weighted by atomic mass is 79.9. The van der Waals surface area contributed by atoms with Crippen LogP contribution in [0.2, 0.25) is 0 Å². The summed E-state index contributed by atoms with van der Waals surface area (Å²) >= 11 is 3.14. The maximum Gasteiger partial charge on any atom is 0.166 e. The largest absolute Gasteiger partial charge is 0.362 e. The molecule has 0 aromatic carbocycles. The van der Waals surface area contributed by atoms with Gasteiger partial charge >= 0.3 is 0 Å². The highest BCUT2D eigenvalue weighted by Crippen LogP contribution is 2.16. The number of anilines is 1. The monoisotopic (exact) mass is 282 g/mol. The molecule has 0 amide bonds. The second-order valence-electron chi connectivity index (χ2n) is 3.04. The van der Waals surface area contributed by atoms with Gasteiger partial charge in [0, 0.05) is 16.9 Å². The molecule has 1 N–H and O–H groups in total. The normalized spacial score (nSPS) is 10.1. The first-order valence-electron chi connectivity index (χ1n) is 4.55. The van der Waals surface area contributed by atoms with Gasteiger partial charge in [0.15, 0.2) is 11.6 Å². The van der Waals surface area contributed by atoms with E-state index in [1.807, 2.05) is 0 Å². The van der Waals surface area contributed by atoms with Gasteiger partial charge in [0.05, 0.1) is 12.2 Å². The van der Waals surface area contributed by atoms with Gasteiger partial charge in [-0.3, -0.25) is 0 Å². The minimum atomic E-state index is -0.400. The van der Waals surface area contributed by atoms with Crippen molar-refractivity contribution in [2.75, 3.05) is 5.32 Å². The van der Waals surface area contributed by atoms with Crippen LogP contribution in [-0.2, 0) is 6.54 Å². The number of halogens is 2. The molecule has 2 heterocycles. The van der Waals surface area contributed by atoms with E-state index < -0.39 is 5.82 Å². The Bertz CT molecular complexity index is 478. The van der Waals surface area contributed by atoms with Crippen LogP contribution in [-0.4, -0.2) is 15.0 Å². The van der Waals surface area contributed by atoms with Crippen molar-refractivity contribution in [3.05, 3.63) is 46.8 Å². The molecule has 0 saturated carbocycles. The summed E-state index contributed by atoms with van der Waals surface area (Å²) in [5.41, 5.74) is 0.777. The lowest BCUT2D eigenvalue weighted by Gasteiger charge is -2.05. The summed E-state index contributed by atoms with van der Waals surface area (Å²) in [7, 11) is 0. The van der Waals surface area contributed by atoms with E-state index in [0.29, 0.717) is 11.0 Å². The predicted molar refractivity (Wildman–Crippen MR) is 61.3 cm³/mol. The summed E-state index contributed by atoms with van der Waals surface area (Å²) in [6.45, 7) is 0.411. The van der Waals surface area contributed by atoms with Crippen molar-refractivity contribution in [3.63, 3.8) is 0 Å². The molecule has 16 heavy (non-hydrogen) atoms. The van der Waals surface area contributed by atoms with Gasteiger partial charge in [-0.05, 0) is 28.1 Å². The van der Waals surface area contributed by atoms with Gasteiger partial charge in [-0.2, -0.15) is 0 Å². The van der Waals surface area contributed by atoms with Crippen molar-refractivity contribution in [3.8, 4) is 0 Å². The molecule has 0 spiro atoms. The molecule has 2 rings (SSSR count). The molecule has 0 radical (unpaired) electrons. The Balaban J connectivity index is 2.05. The van der Waals surface area contributed by atoms with Crippen LogP contribution in [0.3, 0.4) is 0 Å². The van der Waals surface area contributed by atoms with Crippen molar-refractivity contribution in [1.82, 2.24) is 15.0 Å². The molecular formula is C10H8BrFN4. The molecule has 0 aliphatic rings. The molecule has 2 aromatic heterocycles. The molecule has 2 aromatic rings. The van der Waals surface area contributed by atoms with E-state index >= 15 is 0 Å². The molecule has 0 atom stereocenters. The van der Waals surface area contributed by atoms with Crippen molar-refractivity contribution in [2.45, 2.75) is 6.54 Å². The third-order valence-electron chi connectivity index (χ3n) is 1.89. The first kappa shape index (κ1) is 10.9. The summed E-state index contributed by atoms with van der Waals surface area (Å²) in [6.07, 6.45) is 4.61. The standard InChI is InChI=1S/C10H8BrFN4/c11-7-3-9(12)10(14-4-7)15-5-8-1-2-13-6-16-8/h1-4,6H,5H2,(H,14,15). The fraction of sp³-hybridized carbons (Fsp3) is 0.100. The van der Waals surface area contributed by atoms with Gasteiger partial charge in [-0.15, -0.1) is 0 Å². The molecule has 4 nitrogen and oxygen atoms in total. The Morgan fingerprint density at radius 1 is 1.38 bits per heavy atom. The summed E-state index contributed by atoms with van der Waals surface area (Å²) in [6, 6.07) is 3.11. The molecule has 0 fully saturated rings. The molecule has 0 aliphatic heterocycles. The quantitative estimate of drug-likeness (QED) is 0.939. The number of hydrogen-bond donors (Lipinski definition) is 1. The topological polar surface area (TPSA) is 50.7 Å². The van der Waals surface area contributed by atoms with Crippen molar-refractivity contribution in [1.29, 1.82) is 0 Å².